The summed E-state index contributed by atoms with van der Waals surface area (Å²) in [6.45, 7) is 6.53. The van der Waals surface area contributed by atoms with Gasteiger partial charge < -0.3 is 14.0 Å². The molecule has 0 bridgehead atoms. The van der Waals surface area contributed by atoms with Crippen LogP contribution in [0.3, 0.4) is 0 Å². The second-order valence-corrected chi connectivity index (χ2v) is 6.25. The van der Waals surface area contributed by atoms with E-state index in [-0.39, 0.29) is 18.8 Å². The Morgan fingerprint density at radius 3 is 2.52 bits per heavy atom. The van der Waals surface area contributed by atoms with E-state index in [4.69, 9.17) is 9.47 Å². The number of aryl methyl sites for hydroxylation is 3. The van der Waals surface area contributed by atoms with E-state index in [1.807, 2.05) is 38.1 Å². The van der Waals surface area contributed by atoms with Gasteiger partial charge in [-0.2, -0.15) is 0 Å². The Labute approximate surface area is 157 Å². The van der Waals surface area contributed by atoms with Crippen LogP contribution in [0.25, 0.3) is 11.0 Å². The minimum absolute atomic E-state index is 0.117. The molecule has 0 saturated heterocycles. The Bertz CT molecular complexity index is 1020. The van der Waals surface area contributed by atoms with Crippen LogP contribution < -0.4 is 10.3 Å². The van der Waals surface area contributed by atoms with E-state index >= 15 is 0 Å². The van der Waals surface area contributed by atoms with Crippen molar-refractivity contribution in [3.63, 3.8) is 0 Å². The molecular formula is C21H22N2O4. The number of carbonyl (C=O) groups is 1. The van der Waals surface area contributed by atoms with Crippen molar-refractivity contribution in [3.8, 4) is 5.75 Å². The standard InChI is InChI=1S/C21H22N2O4/c1-4-23-19-10-7-16(13-18(19)22-15(3)20(23)24)21(25)27-12-11-26-17-8-5-14(2)6-9-17/h5-10,13H,4,11-12H2,1-3H3. The molecule has 0 aliphatic carbocycles. The summed E-state index contributed by atoms with van der Waals surface area (Å²) in [5.74, 6) is 0.290. The van der Waals surface area contributed by atoms with Crippen molar-refractivity contribution in [1.29, 1.82) is 0 Å². The highest BCUT2D eigenvalue weighted by atomic mass is 16.6. The molecule has 1 aromatic heterocycles. The summed E-state index contributed by atoms with van der Waals surface area (Å²) in [4.78, 5) is 28.7. The SMILES string of the molecule is CCn1c(=O)c(C)nc2cc(C(=O)OCCOc3ccc(C)cc3)ccc21. The molecule has 0 fully saturated rings. The maximum Gasteiger partial charge on any atom is 0.338 e. The van der Waals surface area contributed by atoms with Gasteiger partial charge in [-0.3, -0.25) is 4.79 Å². The number of fused-ring (bicyclic) bond motifs is 1. The topological polar surface area (TPSA) is 70.4 Å². The van der Waals surface area contributed by atoms with E-state index < -0.39 is 5.97 Å². The van der Waals surface area contributed by atoms with E-state index in [0.29, 0.717) is 28.8 Å². The zero-order valence-electron chi connectivity index (χ0n) is 15.7. The predicted octanol–water partition coefficient (Wildman–Crippen LogP) is 3.27. The monoisotopic (exact) mass is 366 g/mol. The smallest absolute Gasteiger partial charge is 0.338 e. The highest BCUT2D eigenvalue weighted by Crippen LogP contribution is 2.15. The molecule has 1 heterocycles. The van der Waals surface area contributed by atoms with E-state index in [0.717, 1.165) is 11.3 Å². The number of benzene rings is 2. The minimum Gasteiger partial charge on any atom is -0.490 e. The van der Waals surface area contributed by atoms with Crippen molar-refractivity contribution in [2.45, 2.75) is 27.3 Å². The van der Waals surface area contributed by atoms with Crippen molar-refractivity contribution in [1.82, 2.24) is 9.55 Å². The molecule has 0 radical (unpaired) electrons. The summed E-state index contributed by atoms with van der Waals surface area (Å²) in [5.41, 5.74) is 3.13. The molecule has 6 heteroatoms. The molecular weight excluding hydrogens is 344 g/mol. The number of rotatable bonds is 6. The lowest BCUT2D eigenvalue weighted by Gasteiger charge is -2.10. The first-order chi connectivity index (χ1) is 13.0. The normalized spacial score (nSPS) is 10.8. The second-order valence-electron chi connectivity index (χ2n) is 6.25. The first-order valence-electron chi connectivity index (χ1n) is 8.87. The van der Waals surface area contributed by atoms with E-state index in [2.05, 4.69) is 4.98 Å². The van der Waals surface area contributed by atoms with Crippen LogP contribution in [0.2, 0.25) is 0 Å². The number of hydrogen-bond donors (Lipinski definition) is 0. The maximum absolute atomic E-state index is 12.3. The maximum atomic E-state index is 12.3. The van der Waals surface area contributed by atoms with Gasteiger partial charge in [-0.1, -0.05) is 17.7 Å². The third kappa shape index (κ3) is 4.16. The molecule has 27 heavy (non-hydrogen) atoms. The Hall–Kier alpha value is -3.15. The lowest BCUT2D eigenvalue weighted by molar-refractivity contribution is 0.0450. The zero-order chi connectivity index (χ0) is 19.4. The molecule has 0 amide bonds. The van der Waals surface area contributed by atoms with Crippen LogP contribution in [-0.4, -0.2) is 28.7 Å². The average Bonchev–Trinajstić information content (AvgIpc) is 2.67. The van der Waals surface area contributed by atoms with Crippen molar-refractivity contribution < 1.29 is 14.3 Å². The number of ether oxygens (including phenoxy) is 2. The van der Waals surface area contributed by atoms with Gasteiger partial charge in [0.15, 0.2) is 0 Å². The number of aromatic nitrogens is 2. The third-order valence-corrected chi connectivity index (χ3v) is 4.27. The van der Waals surface area contributed by atoms with Crippen LogP contribution in [0.4, 0.5) is 0 Å². The van der Waals surface area contributed by atoms with E-state index in [9.17, 15) is 9.59 Å². The first-order valence-corrected chi connectivity index (χ1v) is 8.87. The summed E-state index contributed by atoms with van der Waals surface area (Å²) < 4.78 is 12.5. The molecule has 0 aliphatic heterocycles. The molecule has 0 N–H and O–H groups in total. The Morgan fingerprint density at radius 2 is 1.81 bits per heavy atom. The fourth-order valence-electron chi connectivity index (χ4n) is 2.83. The minimum atomic E-state index is -0.446. The molecule has 0 saturated carbocycles. The highest BCUT2D eigenvalue weighted by molar-refractivity contribution is 5.93. The van der Waals surface area contributed by atoms with Gasteiger partial charge in [0, 0.05) is 6.54 Å². The molecule has 3 rings (SSSR count). The van der Waals surface area contributed by atoms with Gasteiger partial charge in [0.1, 0.15) is 24.7 Å². The molecule has 0 spiro atoms. The number of hydrogen-bond acceptors (Lipinski definition) is 5. The summed E-state index contributed by atoms with van der Waals surface area (Å²) in [5, 5.41) is 0. The molecule has 0 unspecified atom stereocenters. The lowest BCUT2D eigenvalue weighted by Crippen LogP contribution is -2.23. The van der Waals surface area contributed by atoms with E-state index in [1.165, 1.54) is 0 Å². The van der Waals surface area contributed by atoms with Gasteiger partial charge >= 0.3 is 5.97 Å². The predicted molar refractivity (Wildman–Crippen MR) is 103 cm³/mol. The number of esters is 1. The second kappa shape index (κ2) is 8.03. The number of carbonyl (C=O) groups excluding carboxylic acids is 1. The van der Waals surface area contributed by atoms with Crippen LogP contribution in [-0.2, 0) is 11.3 Å². The van der Waals surface area contributed by atoms with Gasteiger partial charge in [0.05, 0.1) is 16.6 Å². The fourth-order valence-corrected chi connectivity index (χ4v) is 2.83. The molecule has 140 valence electrons. The van der Waals surface area contributed by atoms with Crippen LogP contribution in [0.5, 0.6) is 5.75 Å². The van der Waals surface area contributed by atoms with Crippen molar-refractivity contribution in [3.05, 3.63) is 69.6 Å². The van der Waals surface area contributed by atoms with Crippen molar-refractivity contribution in [2.75, 3.05) is 13.2 Å². The van der Waals surface area contributed by atoms with Gasteiger partial charge in [0.25, 0.3) is 5.56 Å². The average molecular weight is 366 g/mol. The van der Waals surface area contributed by atoms with E-state index in [1.54, 1.807) is 29.7 Å². The van der Waals surface area contributed by atoms with Crippen LogP contribution in [0.15, 0.2) is 47.3 Å². The quantitative estimate of drug-likeness (QED) is 0.495. The summed E-state index contributed by atoms with van der Waals surface area (Å²) in [7, 11) is 0. The highest BCUT2D eigenvalue weighted by Gasteiger charge is 2.12. The molecule has 2 aromatic carbocycles. The third-order valence-electron chi connectivity index (χ3n) is 4.27. The first kappa shape index (κ1) is 18.6. The van der Waals surface area contributed by atoms with Crippen molar-refractivity contribution >= 4 is 17.0 Å². The van der Waals surface area contributed by atoms with Gasteiger partial charge in [-0.25, -0.2) is 9.78 Å². The van der Waals surface area contributed by atoms with Crippen LogP contribution in [0.1, 0.15) is 28.5 Å². The van der Waals surface area contributed by atoms with Crippen LogP contribution in [0, 0.1) is 13.8 Å². The molecule has 6 nitrogen and oxygen atoms in total. The van der Waals surface area contributed by atoms with Crippen molar-refractivity contribution in [2.24, 2.45) is 0 Å². The lowest BCUT2D eigenvalue weighted by atomic mass is 10.2. The zero-order valence-corrected chi connectivity index (χ0v) is 15.7. The molecule has 0 aliphatic rings. The molecule has 0 atom stereocenters. The molecule has 3 aromatic rings. The van der Waals surface area contributed by atoms with Gasteiger partial charge in [0.2, 0.25) is 0 Å². The number of nitrogens with zero attached hydrogens (tertiary/aromatic N) is 2. The summed E-state index contributed by atoms with van der Waals surface area (Å²) in [6, 6.07) is 12.7. The largest absolute Gasteiger partial charge is 0.490 e. The van der Waals surface area contributed by atoms with Gasteiger partial charge in [-0.05, 0) is 51.1 Å². The summed E-state index contributed by atoms with van der Waals surface area (Å²) >= 11 is 0. The fraction of sp³-hybridized carbons (Fsp3) is 0.286. The van der Waals surface area contributed by atoms with Crippen LogP contribution >= 0.6 is 0 Å². The Kier molecular flexibility index (Phi) is 5.54. The Morgan fingerprint density at radius 1 is 1.07 bits per heavy atom. The Balaban J connectivity index is 1.66. The summed E-state index contributed by atoms with van der Waals surface area (Å²) in [6.07, 6.45) is 0. The van der Waals surface area contributed by atoms with Gasteiger partial charge in [-0.15, -0.1) is 0 Å².